The summed E-state index contributed by atoms with van der Waals surface area (Å²) < 4.78 is 28.7. The molecule has 0 saturated carbocycles. The van der Waals surface area contributed by atoms with Crippen LogP contribution in [0.15, 0.2) is 23.4 Å². The van der Waals surface area contributed by atoms with E-state index in [0.29, 0.717) is 11.3 Å². The van der Waals surface area contributed by atoms with Crippen LogP contribution in [0.2, 0.25) is 0 Å². The van der Waals surface area contributed by atoms with Gasteiger partial charge in [0.15, 0.2) is 0 Å². The smallest absolute Gasteiger partial charge is 0.373 e. The predicted molar refractivity (Wildman–Crippen MR) is 91.8 cm³/mol. The summed E-state index contributed by atoms with van der Waals surface area (Å²) in [4.78, 5) is 19.1. The third kappa shape index (κ3) is 3.78. The van der Waals surface area contributed by atoms with Crippen molar-refractivity contribution in [1.29, 1.82) is 5.26 Å². The fourth-order valence-corrected chi connectivity index (χ4v) is 2.50. The average Bonchev–Trinajstić information content (AvgIpc) is 2.53. The van der Waals surface area contributed by atoms with E-state index < -0.39 is 37.3 Å². The number of nitriles is 1. The number of hydrogen-bond donors (Lipinski definition) is 1. The Morgan fingerprint density at radius 2 is 2.00 bits per heavy atom. The van der Waals surface area contributed by atoms with Crippen molar-refractivity contribution in [2.24, 2.45) is 0 Å². The molecule has 0 bridgehead atoms. The fraction of sp³-hybridized carbons (Fsp3) is 0.214. The van der Waals surface area contributed by atoms with Crippen LogP contribution in [-0.2, 0) is 9.84 Å². The van der Waals surface area contributed by atoms with Crippen molar-refractivity contribution >= 4 is 27.0 Å². The summed E-state index contributed by atoms with van der Waals surface area (Å²) in [5, 5.41) is 19.7. The van der Waals surface area contributed by atoms with Crippen LogP contribution >= 0.6 is 0 Å². The van der Waals surface area contributed by atoms with Gasteiger partial charge in [0.1, 0.15) is 11.8 Å². The Morgan fingerprint density at radius 3 is 2.50 bits per heavy atom. The van der Waals surface area contributed by atoms with E-state index in [4.69, 9.17) is 15.7 Å². The number of hydrogen-bond acceptors (Lipinski definition) is 10. The summed E-state index contributed by atoms with van der Waals surface area (Å²) >= 11 is 0. The normalized spacial score (nSPS) is 10.8. The minimum Gasteiger partial charge on any atom is -0.433 e. The van der Waals surface area contributed by atoms with E-state index in [9.17, 15) is 18.5 Å². The van der Waals surface area contributed by atoms with E-state index in [0.717, 1.165) is 6.26 Å². The van der Waals surface area contributed by atoms with E-state index >= 15 is 0 Å². The predicted octanol–water partition coefficient (Wildman–Crippen LogP) is 1.10. The van der Waals surface area contributed by atoms with Crippen LogP contribution in [0, 0.1) is 21.4 Å². The Morgan fingerprint density at radius 1 is 1.35 bits per heavy atom. The maximum Gasteiger partial charge on any atom is 0.373 e. The van der Waals surface area contributed by atoms with E-state index in [-0.39, 0.29) is 5.75 Å². The molecule has 11 nitrogen and oxygen atoms in total. The number of anilines is 2. The number of aromatic nitrogens is 2. The van der Waals surface area contributed by atoms with Crippen LogP contribution in [0.5, 0.6) is 11.6 Å². The van der Waals surface area contributed by atoms with Crippen molar-refractivity contribution in [3.05, 3.63) is 33.9 Å². The lowest BCUT2D eigenvalue weighted by atomic mass is 10.2. The molecular formula is C14H14N6O5S. The van der Waals surface area contributed by atoms with Gasteiger partial charge in [-0.2, -0.15) is 15.2 Å². The average molecular weight is 378 g/mol. The number of rotatable bonds is 5. The number of nitrogen functional groups attached to an aromatic ring is 1. The third-order valence-corrected chi connectivity index (χ3v) is 4.00. The molecule has 0 aliphatic carbocycles. The van der Waals surface area contributed by atoms with Crippen molar-refractivity contribution in [2.45, 2.75) is 5.16 Å². The molecule has 0 fully saturated rings. The van der Waals surface area contributed by atoms with E-state index in [1.165, 1.54) is 18.2 Å². The van der Waals surface area contributed by atoms with Gasteiger partial charge in [0, 0.05) is 26.4 Å². The van der Waals surface area contributed by atoms with Crippen LogP contribution in [0.3, 0.4) is 0 Å². The summed E-state index contributed by atoms with van der Waals surface area (Å²) in [6, 6.07) is 6.32. The molecular weight excluding hydrogens is 364 g/mol. The second kappa shape index (κ2) is 6.81. The minimum atomic E-state index is -3.87. The molecule has 1 heterocycles. The lowest BCUT2D eigenvalue weighted by Crippen LogP contribution is -2.11. The molecule has 1 aromatic carbocycles. The highest BCUT2D eigenvalue weighted by atomic mass is 32.2. The topological polar surface area (TPSA) is 165 Å². The number of nitrogens with two attached hydrogens (primary N) is 1. The van der Waals surface area contributed by atoms with Gasteiger partial charge in [0.2, 0.25) is 15.7 Å². The quantitative estimate of drug-likeness (QED) is 0.452. The van der Waals surface area contributed by atoms with Crippen molar-refractivity contribution < 1.29 is 18.1 Å². The van der Waals surface area contributed by atoms with Gasteiger partial charge >= 0.3 is 11.6 Å². The first-order valence-corrected chi connectivity index (χ1v) is 8.85. The number of nitro groups is 1. The van der Waals surface area contributed by atoms with Crippen molar-refractivity contribution in [2.75, 3.05) is 31.0 Å². The summed E-state index contributed by atoms with van der Waals surface area (Å²) in [7, 11) is -0.468. The molecule has 0 saturated heterocycles. The van der Waals surface area contributed by atoms with Gasteiger partial charge in [-0.15, -0.1) is 0 Å². The Bertz CT molecular complexity index is 1030. The molecule has 0 aliphatic heterocycles. The highest BCUT2D eigenvalue weighted by molar-refractivity contribution is 7.90. The summed E-state index contributed by atoms with van der Waals surface area (Å²) in [5.41, 5.74) is 5.61. The summed E-state index contributed by atoms with van der Waals surface area (Å²) in [5.74, 6) is -1.15. The highest BCUT2D eigenvalue weighted by Gasteiger charge is 2.28. The molecule has 12 heteroatoms. The zero-order valence-corrected chi connectivity index (χ0v) is 14.8. The maximum absolute atomic E-state index is 11.6. The lowest BCUT2D eigenvalue weighted by Gasteiger charge is -2.15. The zero-order chi connectivity index (χ0) is 19.6. The Labute approximate surface area is 148 Å². The highest BCUT2D eigenvalue weighted by Crippen LogP contribution is 2.35. The Kier molecular flexibility index (Phi) is 4.94. The standard InChI is InChI=1S/C14H14N6O5S/c1-19(2)10-6-9(5-4-8(10)7-15)25-13-11(20(21)22)12(16)17-14(18-13)26(3,23)24/h4-6H,1-3H3,(H2,16,17,18). The lowest BCUT2D eigenvalue weighted by molar-refractivity contribution is -0.385. The maximum atomic E-state index is 11.6. The molecule has 0 spiro atoms. The number of benzene rings is 1. The van der Waals surface area contributed by atoms with Crippen LogP contribution < -0.4 is 15.4 Å². The SMILES string of the molecule is CN(C)c1cc(Oc2nc(S(C)(=O)=O)nc(N)c2[N+](=O)[O-])ccc1C#N. The van der Waals surface area contributed by atoms with Crippen molar-refractivity contribution in [1.82, 2.24) is 9.97 Å². The molecule has 0 aliphatic rings. The van der Waals surface area contributed by atoms with Crippen molar-refractivity contribution in [3.8, 4) is 17.7 Å². The van der Waals surface area contributed by atoms with E-state index in [2.05, 4.69) is 9.97 Å². The Balaban J connectivity index is 2.62. The van der Waals surface area contributed by atoms with Gasteiger partial charge in [-0.3, -0.25) is 10.1 Å². The largest absolute Gasteiger partial charge is 0.433 e. The third-order valence-electron chi connectivity index (χ3n) is 3.16. The molecule has 136 valence electrons. The van der Waals surface area contributed by atoms with Crippen molar-refractivity contribution in [3.63, 3.8) is 0 Å². The second-order valence-electron chi connectivity index (χ2n) is 5.36. The number of sulfone groups is 1. The van der Waals surface area contributed by atoms with Gasteiger partial charge in [0.25, 0.3) is 5.16 Å². The minimum absolute atomic E-state index is 0.105. The van der Waals surface area contributed by atoms with Gasteiger partial charge < -0.3 is 15.4 Å². The first-order chi connectivity index (χ1) is 12.0. The monoisotopic (exact) mass is 378 g/mol. The second-order valence-corrected chi connectivity index (χ2v) is 7.27. The summed E-state index contributed by atoms with van der Waals surface area (Å²) in [6.07, 6.45) is 0.837. The molecule has 2 aromatic rings. The molecule has 0 unspecified atom stereocenters. The van der Waals surface area contributed by atoms with E-state index in [1.54, 1.807) is 19.0 Å². The summed E-state index contributed by atoms with van der Waals surface area (Å²) in [6.45, 7) is 0. The number of ether oxygens (including phenoxy) is 1. The molecule has 26 heavy (non-hydrogen) atoms. The fourth-order valence-electron chi connectivity index (χ4n) is 1.99. The van der Waals surface area contributed by atoms with Crippen LogP contribution in [0.25, 0.3) is 0 Å². The molecule has 1 aromatic heterocycles. The first-order valence-electron chi connectivity index (χ1n) is 6.96. The molecule has 0 radical (unpaired) electrons. The van der Waals surface area contributed by atoms with Gasteiger partial charge in [-0.05, 0) is 12.1 Å². The van der Waals surface area contributed by atoms with Gasteiger partial charge in [-0.25, -0.2) is 8.42 Å². The number of nitrogens with zero attached hydrogens (tertiary/aromatic N) is 5. The molecule has 0 amide bonds. The zero-order valence-electron chi connectivity index (χ0n) is 14.0. The Hall–Kier alpha value is -3.46. The first kappa shape index (κ1) is 18.9. The molecule has 0 atom stereocenters. The van der Waals surface area contributed by atoms with Crippen LogP contribution in [-0.4, -0.2) is 43.7 Å². The van der Waals surface area contributed by atoms with Crippen LogP contribution in [0.1, 0.15) is 5.56 Å². The van der Waals surface area contributed by atoms with E-state index in [1.807, 2.05) is 6.07 Å². The molecule has 2 rings (SSSR count). The van der Waals surface area contributed by atoms with Crippen LogP contribution in [0.4, 0.5) is 17.2 Å². The van der Waals surface area contributed by atoms with Gasteiger partial charge in [-0.1, -0.05) is 0 Å². The van der Waals surface area contributed by atoms with Gasteiger partial charge in [0.05, 0.1) is 16.2 Å². The molecule has 2 N–H and O–H groups in total.